The molecule has 0 unspecified atom stereocenters. The lowest BCUT2D eigenvalue weighted by Gasteiger charge is -2.20. The molecule has 0 amide bonds. The highest BCUT2D eigenvalue weighted by Crippen LogP contribution is 2.37. The van der Waals surface area contributed by atoms with Crippen molar-refractivity contribution in [1.82, 2.24) is 0 Å². The summed E-state index contributed by atoms with van der Waals surface area (Å²) in [6.45, 7) is 3.39. The zero-order chi connectivity index (χ0) is 13.9. The smallest absolute Gasteiger partial charge is 0.309 e. The first kappa shape index (κ1) is 14.8. The van der Waals surface area contributed by atoms with Gasteiger partial charge in [0.2, 0.25) is 0 Å². The fourth-order valence-electron chi connectivity index (χ4n) is 1.66. The molecule has 0 spiro atoms. The lowest BCUT2D eigenvalue weighted by Crippen LogP contribution is -2.26. The van der Waals surface area contributed by atoms with E-state index in [-0.39, 0.29) is 0 Å². The Bertz CT molecular complexity index is 455. The van der Waals surface area contributed by atoms with Crippen LogP contribution in [0.5, 0.6) is 11.5 Å². The van der Waals surface area contributed by atoms with E-state index in [1.54, 1.807) is 34.1 Å². The summed E-state index contributed by atoms with van der Waals surface area (Å²) in [5.41, 5.74) is 0.0610. The molecule has 0 atom stereocenters. The zero-order valence-corrected chi connectivity index (χ0v) is 12.5. The van der Waals surface area contributed by atoms with Crippen molar-refractivity contribution in [1.29, 1.82) is 0 Å². The average molecular weight is 317 g/mol. The van der Waals surface area contributed by atoms with E-state index < -0.39 is 11.4 Å². The van der Waals surface area contributed by atoms with Gasteiger partial charge in [-0.25, -0.2) is 0 Å². The number of benzene rings is 1. The zero-order valence-electron chi connectivity index (χ0n) is 10.9. The van der Waals surface area contributed by atoms with Crippen LogP contribution in [0.2, 0.25) is 0 Å². The first-order valence-electron chi connectivity index (χ1n) is 5.45. The van der Waals surface area contributed by atoms with Crippen molar-refractivity contribution in [2.75, 3.05) is 14.2 Å². The fourth-order valence-corrected chi connectivity index (χ4v) is 2.31. The number of carboxylic acid groups (broad SMARTS) is 1. The Hall–Kier alpha value is -1.23. The second kappa shape index (κ2) is 5.61. The van der Waals surface area contributed by atoms with Crippen molar-refractivity contribution in [3.05, 3.63) is 22.2 Å². The number of hydrogen-bond acceptors (Lipinski definition) is 3. The highest BCUT2D eigenvalue weighted by Gasteiger charge is 2.28. The van der Waals surface area contributed by atoms with Gasteiger partial charge >= 0.3 is 5.97 Å². The average Bonchev–Trinajstić information content (AvgIpc) is 2.27. The van der Waals surface area contributed by atoms with E-state index in [1.807, 2.05) is 6.07 Å². The van der Waals surface area contributed by atoms with Gasteiger partial charge in [0.15, 0.2) is 11.5 Å². The summed E-state index contributed by atoms with van der Waals surface area (Å²) in [5.74, 6) is 0.367. The van der Waals surface area contributed by atoms with Gasteiger partial charge < -0.3 is 14.6 Å². The van der Waals surface area contributed by atoms with Crippen molar-refractivity contribution in [3.63, 3.8) is 0 Å². The van der Waals surface area contributed by atoms with Gasteiger partial charge in [0.25, 0.3) is 0 Å². The van der Waals surface area contributed by atoms with Crippen molar-refractivity contribution in [2.45, 2.75) is 20.3 Å². The minimum absolute atomic E-state index is 0.418. The topological polar surface area (TPSA) is 55.8 Å². The van der Waals surface area contributed by atoms with Gasteiger partial charge in [0.05, 0.1) is 24.1 Å². The number of hydrogen-bond donors (Lipinski definition) is 1. The first-order chi connectivity index (χ1) is 8.31. The molecule has 4 nitrogen and oxygen atoms in total. The number of methoxy groups -OCH3 is 2. The Labute approximate surface area is 115 Å². The Kier molecular flexibility index (Phi) is 4.62. The highest BCUT2D eigenvalue weighted by molar-refractivity contribution is 9.10. The quantitative estimate of drug-likeness (QED) is 0.906. The van der Waals surface area contributed by atoms with Gasteiger partial charge in [0.1, 0.15) is 0 Å². The van der Waals surface area contributed by atoms with Gasteiger partial charge in [-0.3, -0.25) is 4.79 Å². The maximum atomic E-state index is 11.1. The summed E-state index contributed by atoms with van der Waals surface area (Å²) >= 11 is 3.39. The number of rotatable bonds is 5. The normalized spacial score (nSPS) is 11.2. The van der Waals surface area contributed by atoms with Crippen LogP contribution in [0.3, 0.4) is 0 Å². The molecule has 100 valence electrons. The summed E-state index contributed by atoms with van der Waals surface area (Å²) < 4.78 is 11.2. The molecule has 0 aliphatic heterocycles. The summed E-state index contributed by atoms with van der Waals surface area (Å²) in [7, 11) is 3.11. The molecule has 18 heavy (non-hydrogen) atoms. The molecule has 0 bridgehead atoms. The van der Waals surface area contributed by atoms with Gasteiger partial charge in [-0.2, -0.15) is 0 Å². The van der Waals surface area contributed by atoms with Crippen LogP contribution >= 0.6 is 15.9 Å². The Morgan fingerprint density at radius 2 is 1.94 bits per heavy atom. The third-order valence-electron chi connectivity index (χ3n) is 2.72. The molecule has 0 saturated heterocycles. The molecule has 1 rings (SSSR count). The molecular formula is C13H17BrO4. The second-order valence-corrected chi connectivity index (χ2v) is 5.53. The lowest BCUT2D eigenvalue weighted by molar-refractivity contribution is -0.146. The largest absolute Gasteiger partial charge is 0.493 e. The predicted octanol–water partition coefficient (Wildman–Crippen LogP) is 3.12. The summed E-state index contributed by atoms with van der Waals surface area (Å²) in [5, 5.41) is 9.13. The SMILES string of the molecule is COc1cc(CC(C)(C)C(=O)O)cc(Br)c1OC. The molecule has 5 heteroatoms. The first-order valence-corrected chi connectivity index (χ1v) is 6.25. The minimum Gasteiger partial charge on any atom is -0.493 e. The van der Waals surface area contributed by atoms with Gasteiger partial charge in [-0.1, -0.05) is 0 Å². The Morgan fingerprint density at radius 3 is 2.39 bits per heavy atom. The highest BCUT2D eigenvalue weighted by atomic mass is 79.9. The number of carbonyl (C=O) groups is 1. The second-order valence-electron chi connectivity index (χ2n) is 4.68. The van der Waals surface area contributed by atoms with Crippen molar-refractivity contribution in [2.24, 2.45) is 5.41 Å². The minimum atomic E-state index is -0.826. The lowest BCUT2D eigenvalue weighted by atomic mass is 9.86. The van der Waals surface area contributed by atoms with Crippen LogP contribution in [0.4, 0.5) is 0 Å². The van der Waals surface area contributed by atoms with Gasteiger partial charge in [0, 0.05) is 0 Å². The maximum absolute atomic E-state index is 11.1. The third kappa shape index (κ3) is 3.16. The number of aliphatic carboxylic acids is 1. The van der Waals surface area contributed by atoms with Crippen LogP contribution in [0.15, 0.2) is 16.6 Å². The van der Waals surface area contributed by atoms with Crippen LogP contribution in [0, 0.1) is 5.41 Å². The number of carboxylic acids is 1. The number of ether oxygens (including phenoxy) is 2. The van der Waals surface area contributed by atoms with Crippen LogP contribution in [0.25, 0.3) is 0 Å². The molecule has 1 aromatic rings. The molecule has 0 aromatic heterocycles. The molecule has 0 radical (unpaired) electrons. The van der Waals surface area contributed by atoms with E-state index in [1.165, 1.54) is 0 Å². The van der Waals surface area contributed by atoms with Gasteiger partial charge in [-0.15, -0.1) is 0 Å². The van der Waals surface area contributed by atoms with E-state index in [2.05, 4.69) is 15.9 Å². The van der Waals surface area contributed by atoms with E-state index in [0.29, 0.717) is 17.9 Å². The predicted molar refractivity (Wildman–Crippen MR) is 72.4 cm³/mol. The van der Waals surface area contributed by atoms with Crippen LogP contribution in [-0.4, -0.2) is 25.3 Å². The standard InChI is InChI=1S/C13H17BrO4/c1-13(2,12(15)16)7-8-5-9(14)11(18-4)10(6-8)17-3/h5-6H,7H2,1-4H3,(H,15,16). The molecule has 0 fully saturated rings. The maximum Gasteiger partial charge on any atom is 0.309 e. The molecule has 0 aliphatic carbocycles. The van der Waals surface area contributed by atoms with E-state index >= 15 is 0 Å². The molecule has 0 aliphatic rings. The van der Waals surface area contributed by atoms with Crippen LogP contribution < -0.4 is 9.47 Å². The van der Waals surface area contributed by atoms with Crippen molar-refractivity contribution in [3.8, 4) is 11.5 Å². The van der Waals surface area contributed by atoms with E-state index in [4.69, 9.17) is 14.6 Å². The molecule has 1 N–H and O–H groups in total. The van der Waals surface area contributed by atoms with Crippen molar-refractivity contribution >= 4 is 21.9 Å². The van der Waals surface area contributed by atoms with E-state index in [0.717, 1.165) is 10.0 Å². The summed E-state index contributed by atoms with van der Waals surface area (Å²) in [6.07, 6.45) is 0.418. The number of halogens is 1. The van der Waals surface area contributed by atoms with Crippen LogP contribution in [0.1, 0.15) is 19.4 Å². The third-order valence-corrected chi connectivity index (χ3v) is 3.31. The van der Waals surface area contributed by atoms with Crippen molar-refractivity contribution < 1.29 is 19.4 Å². The van der Waals surface area contributed by atoms with Crippen LogP contribution in [-0.2, 0) is 11.2 Å². The molecule has 1 aromatic carbocycles. The summed E-state index contributed by atoms with van der Waals surface area (Å²) in [4.78, 5) is 11.1. The monoisotopic (exact) mass is 316 g/mol. The van der Waals surface area contributed by atoms with E-state index in [9.17, 15) is 4.79 Å². The Morgan fingerprint density at radius 1 is 1.33 bits per heavy atom. The fraction of sp³-hybridized carbons (Fsp3) is 0.462. The summed E-state index contributed by atoms with van der Waals surface area (Å²) in [6, 6.07) is 3.65. The Balaban J connectivity index is 3.13. The molecule has 0 heterocycles. The van der Waals surface area contributed by atoms with Gasteiger partial charge in [-0.05, 0) is 53.9 Å². The molecule has 0 saturated carbocycles. The molecular weight excluding hydrogens is 300 g/mol.